The number of aromatic nitrogens is 1. The molecule has 0 radical (unpaired) electrons. The summed E-state index contributed by atoms with van der Waals surface area (Å²) in [5.41, 5.74) is 7.62. The maximum Gasteiger partial charge on any atom is 0.264 e. The summed E-state index contributed by atoms with van der Waals surface area (Å²) in [7, 11) is -2.25. The first kappa shape index (κ1) is 23.8. The molecular formula is C21H22N4O4S3. The molecule has 0 aliphatic carbocycles. The van der Waals surface area contributed by atoms with Gasteiger partial charge in [0.25, 0.3) is 15.9 Å². The molecule has 168 valence electrons. The van der Waals surface area contributed by atoms with Gasteiger partial charge in [0.05, 0.1) is 26.2 Å². The molecule has 11 heteroatoms. The van der Waals surface area contributed by atoms with E-state index in [0.717, 1.165) is 9.77 Å². The summed E-state index contributed by atoms with van der Waals surface area (Å²) in [4.78, 5) is 28.0. The second kappa shape index (κ2) is 9.72. The highest BCUT2D eigenvalue weighted by Crippen LogP contribution is 2.32. The molecule has 2 aromatic carbocycles. The van der Waals surface area contributed by atoms with Crippen LogP contribution in [0.4, 0.5) is 10.8 Å². The third-order valence-corrected chi connectivity index (χ3v) is 8.75. The Kier molecular flexibility index (Phi) is 7.22. The third kappa shape index (κ3) is 5.47. The molecule has 3 aromatic rings. The van der Waals surface area contributed by atoms with Gasteiger partial charge in [0, 0.05) is 12.6 Å². The van der Waals surface area contributed by atoms with E-state index in [-0.39, 0.29) is 16.6 Å². The first-order valence-electron chi connectivity index (χ1n) is 9.43. The van der Waals surface area contributed by atoms with Gasteiger partial charge in [0.2, 0.25) is 5.91 Å². The van der Waals surface area contributed by atoms with Crippen LogP contribution >= 0.6 is 23.1 Å². The molecule has 0 fully saturated rings. The minimum absolute atomic E-state index is 0.136. The van der Waals surface area contributed by atoms with Crippen molar-refractivity contribution >= 4 is 55.8 Å². The van der Waals surface area contributed by atoms with Crippen molar-refractivity contribution in [2.45, 2.75) is 23.0 Å². The van der Waals surface area contributed by atoms with Crippen LogP contribution in [-0.4, -0.2) is 38.0 Å². The van der Waals surface area contributed by atoms with E-state index in [9.17, 15) is 18.0 Å². The van der Waals surface area contributed by atoms with E-state index < -0.39 is 15.9 Å². The molecule has 3 N–H and O–H groups in total. The number of nitrogens with two attached hydrogens (primary N) is 1. The van der Waals surface area contributed by atoms with Gasteiger partial charge in [0.15, 0.2) is 5.13 Å². The molecule has 0 saturated heterocycles. The summed E-state index contributed by atoms with van der Waals surface area (Å²) in [6.45, 7) is 3.67. The number of anilines is 2. The fourth-order valence-corrected chi connectivity index (χ4v) is 5.77. The second-order valence-corrected chi connectivity index (χ2v) is 11.1. The van der Waals surface area contributed by atoms with Crippen LogP contribution in [0.2, 0.25) is 0 Å². The third-order valence-electron chi connectivity index (χ3n) is 4.49. The van der Waals surface area contributed by atoms with Gasteiger partial charge >= 0.3 is 0 Å². The van der Waals surface area contributed by atoms with Gasteiger partial charge in [-0.2, -0.15) is 0 Å². The average molecular weight is 491 g/mol. The molecule has 32 heavy (non-hydrogen) atoms. The number of sulfonamides is 1. The van der Waals surface area contributed by atoms with E-state index in [2.05, 4.69) is 10.3 Å². The highest BCUT2D eigenvalue weighted by molar-refractivity contribution is 8.01. The lowest BCUT2D eigenvalue weighted by atomic mass is 10.2. The van der Waals surface area contributed by atoms with Crippen molar-refractivity contribution in [2.24, 2.45) is 5.73 Å². The number of primary amides is 1. The van der Waals surface area contributed by atoms with Gasteiger partial charge in [-0.25, -0.2) is 13.4 Å². The Morgan fingerprint density at radius 1 is 1.09 bits per heavy atom. The Bertz CT molecular complexity index is 1240. The molecule has 0 atom stereocenters. The summed E-state index contributed by atoms with van der Waals surface area (Å²) >= 11 is 2.53. The number of amides is 2. The van der Waals surface area contributed by atoms with Crippen molar-refractivity contribution in [2.75, 3.05) is 22.4 Å². The van der Waals surface area contributed by atoms with Crippen LogP contribution in [0.15, 0.2) is 57.6 Å². The van der Waals surface area contributed by atoms with Crippen LogP contribution in [0.5, 0.6) is 0 Å². The number of carbonyl (C=O) groups excluding carboxylic acids is 2. The molecule has 0 aliphatic rings. The molecule has 0 spiro atoms. The van der Waals surface area contributed by atoms with E-state index in [0.29, 0.717) is 22.1 Å². The van der Waals surface area contributed by atoms with Crippen molar-refractivity contribution in [3.63, 3.8) is 0 Å². The predicted octanol–water partition coefficient (Wildman–Crippen LogP) is 3.41. The van der Waals surface area contributed by atoms with E-state index in [1.807, 2.05) is 6.92 Å². The lowest BCUT2D eigenvalue weighted by Gasteiger charge is -2.20. The van der Waals surface area contributed by atoms with Crippen LogP contribution < -0.4 is 15.4 Å². The number of aryl methyl sites for hydroxylation is 2. The van der Waals surface area contributed by atoms with E-state index in [4.69, 9.17) is 5.73 Å². The summed E-state index contributed by atoms with van der Waals surface area (Å²) in [5.74, 6) is -0.666. The average Bonchev–Trinajstić information content (AvgIpc) is 3.10. The summed E-state index contributed by atoms with van der Waals surface area (Å²) < 4.78 is 27.7. The zero-order valence-electron chi connectivity index (χ0n) is 17.7. The first-order valence-corrected chi connectivity index (χ1v) is 12.7. The van der Waals surface area contributed by atoms with Gasteiger partial charge < -0.3 is 5.73 Å². The molecule has 2 amide bonds. The standard InChI is InChI=1S/C21H22N4O4S3/c1-13-4-10-17(11-5-13)32(28,29)25(3)16-8-6-15(7-9-16)19(27)24-21-23-14(2)20(31-21)30-12-18(22)26/h4-11H,12H2,1-3H3,(H2,22,26)(H,23,24,27). The summed E-state index contributed by atoms with van der Waals surface area (Å²) in [6, 6.07) is 12.9. The van der Waals surface area contributed by atoms with Gasteiger partial charge in [-0.15, -0.1) is 11.8 Å². The van der Waals surface area contributed by atoms with E-state index >= 15 is 0 Å². The summed E-state index contributed by atoms with van der Waals surface area (Å²) in [6.07, 6.45) is 0. The minimum Gasteiger partial charge on any atom is -0.369 e. The molecule has 0 aliphatic heterocycles. The minimum atomic E-state index is -3.71. The van der Waals surface area contributed by atoms with Crippen LogP contribution in [0.25, 0.3) is 0 Å². The maximum atomic E-state index is 12.8. The summed E-state index contributed by atoms with van der Waals surface area (Å²) in [5, 5.41) is 3.13. The highest BCUT2D eigenvalue weighted by atomic mass is 32.2. The Morgan fingerprint density at radius 2 is 1.72 bits per heavy atom. The van der Waals surface area contributed by atoms with Crippen molar-refractivity contribution in [1.29, 1.82) is 0 Å². The van der Waals surface area contributed by atoms with Crippen LogP contribution in [0.1, 0.15) is 21.6 Å². The van der Waals surface area contributed by atoms with E-state index in [1.54, 1.807) is 55.5 Å². The van der Waals surface area contributed by atoms with Gasteiger partial charge in [0.1, 0.15) is 0 Å². The number of nitrogens with zero attached hydrogens (tertiary/aromatic N) is 2. The first-order chi connectivity index (χ1) is 15.1. The molecule has 3 rings (SSSR count). The van der Waals surface area contributed by atoms with Crippen molar-refractivity contribution in [3.8, 4) is 0 Å². The largest absolute Gasteiger partial charge is 0.369 e. The molecular weight excluding hydrogens is 468 g/mol. The highest BCUT2D eigenvalue weighted by Gasteiger charge is 2.21. The lowest BCUT2D eigenvalue weighted by molar-refractivity contribution is -0.115. The fraction of sp³-hybridized carbons (Fsp3) is 0.190. The normalized spacial score (nSPS) is 11.2. The molecule has 0 bridgehead atoms. The molecule has 0 unspecified atom stereocenters. The molecule has 0 saturated carbocycles. The Labute approximate surface area is 194 Å². The number of hydrogen-bond donors (Lipinski definition) is 2. The molecule has 8 nitrogen and oxygen atoms in total. The monoisotopic (exact) mass is 490 g/mol. The SMILES string of the molecule is Cc1ccc(S(=O)(=O)N(C)c2ccc(C(=O)Nc3nc(C)c(SCC(N)=O)s3)cc2)cc1. The lowest BCUT2D eigenvalue weighted by Crippen LogP contribution is -2.26. The number of thioether (sulfide) groups is 1. The smallest absolute Gasteiger partial charge is 0.264 e. The number of hydrogen-bond acceptors (Lipinski definition) is 7. The van der Waals surface area contributed by atoms with Crippen molar-refractivity contribution in [3.05, 3.63) is 65.4 Å². The number of rotatable bonds is 8. The van der Waals surface area contributed by atoms with Crippen LogP contribution in [0.3, 0.4) is 0 Å². The number of carbonyl (C=O) groups is 2. The zero-order chi connectivity index (χ0) is 23.5. The van der Waals surface area contributed by atoms with E-state index in [1.165, 1.54) is 34.5 Å². The van der Waals surface area contributed by atoms with Crippen LogP contribution in [0, 0.1) is 13.8 Å². The molecule has 1 aromatic heterocycles. The Hall–Kier alpha value is -2.89. The predicted molar refractivity (Wildman–Crippen MR) is 128 cm³/mol. The van der Waals surface area contributed by atoms with Gasteiger partial charge in [-0.1, -0.05) is 29.0 Å². The zero-order valence-corrected chi connectivity index (χ0v) is 20.1. The second-order valence-electron chi connectivity index (χ2n) is 6.93. The number of benzene rings is 2. The maximum absolute atomic E-state index is 12.8. The number of thiazole rings is 1. The Balaban J connectivity index is 1.71. The number of nitrogens with one attached hydrogen (secondary N) is 1. The van der Waals surface area contributed by atoms with Crippen molar-refractivity contribution < 1.29 is 18.0 Å². The Morgan fingerprint density at radius 3 is 2.31 bits per heavy atom. The van der Waals surface area contributed by atoms with Gasteiger partial charge in [-0.3, -0.25) is 19.2 Å². The van der Waals surface area contributed by atoms with Crippen molar-refractivity contribution in [1.82, 2.24) is 4.98 Å². The fourth-order valence-electron chi connectivity index (χ4n) is 2.71. The van der Waals surface area contributed by atoms with Crippen LogP contribution in [-0.2, 0) is 14.8 Å². The molecule has 1 heterocycles. The quantitative estimate of drug-likeness (QED) is 0.467. The van der Waals surface area contributed by atoms with Gasteiger partial charge in [-0.05, 0) is 50.2 Å². The topological polar surface area (TPSA) is 122 Å².